The molecule has 3 aromatic carbocycles. The second-order valence-corrected chi connectivity index (χ2v) is 12.4. The number of anilines is 1. The van der Waals surface area contributed by atoms with Crippen LogP contribution in [0.4, 0.5) is 18.9 Å². The summed E-state index contributed by atoms with van der Waals surface area (Å²) in [6.07, 6.45) is -4.00. The Balaban J connectivity index is 2.14. The maximum Gasteiger partial charge on any atom is 0.416 e. The molecule has 1 N–H and O–H groups in total. The van der Waals surface area contributed by atoms with Gasteiger partial charge in [-0.25, -0.2) is 8.42 Å². The minimum Gasteiger partial charge on any atom is -0.497 e. The van der Waals surface area contributed by atoms with E-state index in [1.165, 1.54) is 36.3 Å². The van der Waals surface area contributed by atoms with E-state index < -0.39 is 51.9 Å². The van der Waals surface area contributed by atoms with Gasteiger partial charge in [0.2, 0.25) is 11.8 Å². The van der Waals surface area contributed by atoms with Gasteiger partial charge in [-0.3, -0.25) is 13.9 Å². The largest absolute Gasteiger partial charge is 0.497 e. The van der Waals surface area contributed by atoms with Crippen LogP contribution < -0.4 is 14.4 Å². The molecule has 238 valence electrons. The van der Waals surface area contributed by atoms with Crippen molar-refractivity contribution in [2.45, 2.75) is 63.3 Å². The van der Waals surface area contributed by atoms with Crippen LogP contribution in [0.3, 0.4) is 0 Å². The molecule has 0 aromatic heterocycles. The van der Waals surface area contributed by atoms with Crippen LogP contribution in [-0.2, 0) is 32.3 Å². The average molecular weight is 654 g/mol. The number of amides is 2. The highest BCUT2D eigenvalue weighted by molar-refractivity contribution is 7.92. The Bertz CT molecular complexity index is 1540. The third-order valence-corrected chi connectivity index (χ3v) is 9.14. The Kier molecular flexibility index (Phi) is 11.7. The zero-order valence-electron chi connectivity index (χ0n) is 24.8. The minimum atomic E-state index is -4.81. The molecule has 0 saturated carbocycles. The van der Waals surface area contributed by atoms with Crippen LogP contribution >= 0.6 is 11.6 Å². The average Bonchev–Trinajstić information content (AvgIpc) is 3.00. The number of alkyl halides is 3. The van der Waals surface area contributed by atoms with Gasteiger partial charge in [0.15, 0.2) is 0 Å². The van der Waals surface area contributed by atoms with E-state index in [1.807, 2.05) is 13.8 Å². The lowest BCUT2D eigenvalue weighted by molar-refractivity contribution is -0.140. The molecular formula is C31H35ClF3N3O5S. The van der Waals surface area contributed by atoms with Crippen molar-refractivity contribution in [3.63, 3.8) is 0 Å². The summed E-state index contributed by atoms with van der Waals surface area (Å²) in [4.78, 5) is 28.5. The molecular weight excluding hydrogens is 619 g/mol. The third-order valence-electron chi connectivity index (χ3n) is 7.05. The highest BCUT2D eigenvalue weighted by Crippen LogP contribution is 2.37. The number of hydrogen-bond acceptors (Lipinski definition) is 5. The molecule has 3 aromatic rings. The van der Waals surface area contributed by atoms with Crippen molar-refractivity contribution in [2.75, 3.05) is 18.0 Å². The molecule has 2 unspecified atom stereocenters. The first-order chi connectivity index (χ1) is 20.7. The Labute approximate surface area is 260 Å². The lowest BCUT2D eigenvalue weighted by Gasteiger charge is -2.34. The molecule has 8 nitrogen and oxygen atoms in total. The van der Waals surface area contributed by atoms with Gasteiger partial charge in [0.05, 0.1) is 28.3 Å². The molecule has 0 saturated heterocycles. The number of carbonyl (C=O) groups is 2. The van der Waals surface area contributed by atoms with Crippen molar-refractivity contribution in [2.24, 2.45) is 0 Å². The summed E-state index contributed by atoms with van der Waals surface area (Å²) in [5, 5.41) is 2.55. The highest BCUT2D eigenvalue weighted by Gasteiger charge is 2.37. The van der Waals surface area contributed by atoms with E-state index >= 15 is 0 Å². The molecule has 0 spiro atoms. The Morgan fingerprint density at radius 3 is 2.16 bits per heavy atom. The first kappa shape index (κ1) is 34.7. The molecule has 13 heteroatoms. The smallest absolute Gasteiger partial charge is 0.416 e. The van der Waals surface area contributed by atoms with Gasteiger partial charge in [-0.1, -0.05) is 55.8 Å². The van der Waals surface area contributed by atoms with Gasteiger partial charge in [0, 0.05) is 12.6 Å². The van der Waals surface area contributed by atoms with Crippen molar-refractivity contribution in [3.05, 3.63) is 88.9 Å². The van der Waals surface area contributed by atoms with Gasteiger partial charge in [-0.15, -0.1) is 0 Å². The first-order valence-electron chi connectivity index (χ1n) is 13.9. The van der Waals surface area contributed by atoms with Gasteiger partial charge >= 0.3 is 6.18 Å². The zero-order valence-corrected chi connectivity index (χ0v) is 26.3. The molecule has 0 radical (unpaired) electrons. The van der Waals surface area contributed by atoms with Crippen molar-refractivity contribution < 1.29 is 35.9 Å². The number of benzene rings is 3. The van der Waals surface area contributed by atoms with Crippen LogP contribution in [0.25, 0.3) is 0 Å². The van der Waals surface area contributed by atoms with Crippen LogP contribution in [0.2, 0.25) is 5.02 Å². The second-order valence-electron chi connectivity index (χ2n) is 10.1. The van der Waals surface area contributed by atoms with E-state index in [0.29, 0.717) is 28.1 Å². The van der Waals surface area contributed by atoms with Gasteiger partial charge < -0.3 is 15.0 Å². The van der Waals surface area contributed by atoms with Crippen LogP contribution in [0.15, 0.2) is 77.7 Å². The van der Waals surface area contributed by atoms with E-state index in [1.54, 1.807) is 37.3 Å². The quantitative estimate of drug-likeness (QED) is 0.234. The summed E-state index contributed by atoms with van der Waals surface area (Å²) in [5.74, 6) is -0.703. The topological polar surface area (TPSA) is 96.0 Å². The van der Waals surface area contributed by atoms with Crippen molar-refractivity contribution in [1.29, 1.82) is 0 Å². The van der Waals surface area contributed by atoms with Crippen molar-refractivity contribution in [3.8, 4) is 5.75 Å². The zero-order chi connectivity index (χ0) is 32.7. The molecule has 44 heavy (non-hydrogen) atoms. The number of methoxy groups -OCH3 is 1. The van der Waals surface area contributed by atoms with E-state index in [0.717, 1.165) is 12.1 Å². The summed E-state index contributed by atoms with van der Waals surface area (Å²) >= 11 is 6.30. The number of nitrogens with one attached hydrogen (secondary N) is 1. The maximum absolute atomic E-state index is 14.1. The Morgan fingerprint density at radius 1 is 0.977 bits per heavy atom. The molecule has 0 fully saturated rings. The first-order valence-corrected chi connectivity index (χ1v) is 15.7. The Hall–Kier alpha value is -3.77. The number of carbonyl (C=O) groups excluding carboxylic acids is 2. The summed E-state index contributed by atoms with van der Waals surface area (Å²) in [7, 11) is -3.11. The molecule has 0 aliphatic rings. The number of ether oxygens (including phenoxy) is 1. The molecule has 0 aliphatic heterocycles. The van der Waals surface area contributed by atoms with Gasteiger partial charge in [0.25, 0.3) is 10.0 Å². The maximum atomic E-state index is 14.1. The number of halogens is 4. The summed E-state index contributed by atoms with van der Waals surface area (Å²) in [6, 6.07) is 14.8. The fraction of sp³-hybridized carbons (Fsp3) is 0.355. The van der Waals surface area contributed by atoms with Crippen LogP contribution in [0.5, 0.6) is 5.75 Å². The van der Waals surface area contributed by atoms with Crippen molar-refractivity contribution >= 4 is 39.1 Å². The number of nitrogens with zero attached hydrogens (tertiary/aromatic N) is 2. The Morgan fingerprint density at radius 2 is 1.61 bits per heavy atom. The van der Waals surface area contributed by atoms with Gasteiger partial charge in [0.1, 0.15) is 18.3 Å². The van der Waals surface area contributed by atoms with E-state index in [-0.39, 0.29) is 28.9 Å². The van der Waals surface area contributed by atoms with E-state index in [2.05, 4.69) is 5.32 Å². The number of hydrogen-bond donors (Lipinski definition) is 1. The van der Waals surface area contributed by atoms with Crippen LogP contribution in [0.1, 0.15) is 44.7 Å². The predicted octanol–water partition coefficient (Wildman–Crippen LogP) is 6.28. The lowest BCUT2D eigenvalue weighted by Crippen LogP contribution is -2.53. The molecule has 3 rings (SSSR count). The minimum absolute atomic E-state index is 0.0925. The molecule has 2 atom stereocenters. The monoisotopic (exact) mass is 653 g/mol. The molecule has 0 bridgehead atoms. The predicted molar refractivity (Wildman–Crippen MR) is 163 cm³/mol. The standard InChI is InChI=1S/C31H35ClF3N3O5S/c1-5-21(3)36-30(40)27(6-2)37(19-22-12-15-24(43-4)16-13-22)29(39)20-38(44(41,42)25-10-8-7-9-11-25)28-18-23(31(33,34)35)14-17-26(28)32/h7-18,21,27H,5-6,19-20H2,1-4H3,(H,36,40). The second kappa shape index (κ2) is 14.8. The number of rotatable bonds is 13. The summed E-state index contributed by atoms with van der Waals surface area (Å²) in [5.41, 5.74) is -1.06. The van der Waals surface area contributed by atoms with Gasteiger partial charge in [-0.2, -0.15) is 13.2 Å². The van der Waals surface area contributed by atoms with Crippen LogP contribution in [0, 0.1) is 0 Å². The third kappa shape index (κ3) is 8.44. The summed E-state index contributed by atoms with van der Waals surface area (Å²) < 4.78 is 74.7. The molecule has 2 amide bonds. The molecule has 0 aliphatic carbocycles. The normalized spacial score (nSPS) is 13.1. The fourth-order valence-corrected chi connectivity index (χ4v) is 6.12. The summed E-state index contributed by atoms with van der Waals surface area (Å²) in [6.45, 7) is 4.38. The lowest BCUT2D eigenvalue weighted by atomic mass is 10.1. The van der Waals surface area contributed by atoms with E-state index in [4.69, 9.17) is 16.3 Å². The van der Waals surface area contributed by atoms with E-state index in [9.17, 15) is 31.2 Å². The van der Waals surface area contributed by atoms with Crippen molar-refractivity contribution in [1.82, 2.24) is 10.2 Å². The highest BCUT2D eigenvalue weighted by atomic mass is 35.5. The fourth-order valence-electron chi connectivity index (χ4n) is 4.40. The number of sulfonamides is 1. The van der Waals surface area contributed by atoms with Crippen LogP contribution in [-0.4, -0.2) is 50.9 Å². The van der Waals surface area contributed by atoms with Gasteiger partial charge in [-0.05, 0) is 67.8 Å². The SMILES string of the molecule is CCC(C)NC(=O)C(CC)N(Cc1ccc(OC)cc1)C(=O)CN(c1cc(C(F)(F)F)ccc1Cl)S(=O)(=O)c1ccccc1. The molecule has 0 heterocycles.